The Morgan fingerprint density at radius 3 is 2.11 bits per heavy atom. The maximum Gasteiger partial charge on any atom is 0.261 e. The average Bonchev–Trinajstić information content (AvgIpc) is 3.13. The third-order valence-corrected chi connectivity index (χ3v) is 6.55. The molecule has 0 radical (unpaired) electrons. The van der Waals surface area contributed by atoms with Gasteiger partial charge in [0.1, 0.15) is 11.8 Å². The maximum atomic E-state index is 13.4. The van der Waals surface area contributed by atoms with Gasteiger partial charge in [0.25, 0.3) is 11.8 Å². The third kappa shape index (κ3) is 6.11. The van der Waals surface area contributed by atoms with Gasteiger partial charge in [0, 0.05) is 25.6 Å². The van der Waals surface area contributed by atoms with Gasteiger partial charge in [0.15, 0.2) is 0 Å². The molecule has 192 valence electrons. The van der Waals surface area contributed by atoms with E-state index in [0.29, 0.717) is 29.7 Å². The summed E-state index contributed by atoms with van der Waals surface area (Å²) >= 11 is 0. The molecule has 2 unspecified atom stereocenters. The van der Waals surface area contributed by atoms with Crippen molar-refractivity contribution in [3.63, 3.8) is 0 Å². The van der Waals surface area contributed by atoms with Gasteiger partial charge in [-0.3, -0.25) is 24.1 Å². The van der Waals surface area contributed by atoms with Crippen LogP contribution in [0.15, 0.2) is 48.5 Å². The summed E-state index contributed by atoms with van der Waals surface area (Å²) in [6, 6.07) is 13.5. The summed E-state index contributed by atoms with van der Waals surface area (Å²) in [5, 5.41) is 2.99. The largest absolute Gasteiger partial charge is 0.497 e. The van der Waals surface area contributed by atoms with Gasteiger partial charge in [0.05, 0.1) is 18.2 Å². The molecule has 1 N–H and O–H groups in total. The molecular formula is C28H35N3O5. The number of amides is 4. The van der Waals surface area contributed by atoms with E-state index in [0.717, 1.165) is 12.0 Å². The minimum atomic E-state index is -0.632. The fourth-order valence-corrected chi connectivity index (χ4v) is 4.26. The summed E-state index contributed by atoms with van der Waals surface area (Å²) in [6.45, 7) is 6.22. The molecule has 3 rings (SSSR count). The van der Waals surface area contributed by atoms with Crippen LogP contribution < -0.4 is 10.1 Å². The molecule has 2 aromatic rings. The molecule has 1 aliphatic heterocycles. The van der Waals surface area contributed by atoms with E-state index in [2.05, 4.69) is 5.32 Å². The van der Waals surface area contributed by atoms with Gasteiger partial charge < -0.3 is 15.0 Å². The zero-order valence-electron chi connectivity index (χ0n) is 21.5. The maximum absolute atomic E-state index is 13.4. The number of hydrogen-bond acceptors (Lipinski definition) is 5. The summed E-state index contributed by atoms with van der Waals surface area (Å²) in [6.07, 6.45) is 1.67. The first-order valence-electron chi connectivity index (χ1n) is 12.5. The highest BCUT2D eigenvalue weighted by atomic mass is 16.5. The molecule has 0 spiro atoms. The monoisotopic (exact) mass is 493 g/mol. The topological polar surface area (TPSA) is 96.0 Å². The second-order valence-corrected chi connectivity index (χ2v) is 9.02. The Morgan fingerprint density at radius 1 is 0.972 bits per heavy atom. The molecule has 36 heavy (non-hydrogen) atoms. The second-order valence-electron chi connectivity index (χ2n) is 9.02. The Kier molecular flexibility index (Phi) is 9.22. The zero-order chi connectivity index (χ0) is 26.2. The summed E-state index contributed by atoms with van der Waals surface area (Å²) in [5.74, 6) is -0.350. The lowest BCUT2D eigenvalue weighted by Gasteiger charge is -2.31. The quantitative estimate of drug-likeness (QED) is 0.454. The van der Waals surface area contributed by atoms with E-state index in [4.69, 9.17) is 4.74 Å². The molecular weight excluding hydrogens is 458 g/mol. The van der Waals surface area contributed by atoms with Crippen LogP contribution in [0.2, 0.25) is 0 Å². The number of carbonyl (C=O) groups excluding carboxylic acids is 4. The van der Waals surface area contributed by atoms with Gasteiger partial charge in [-0.2, -0.15) is 0 Å². The number of hydrogen-bond donors (Lipinski definition) is 1. The highest BCUT2D eigenvalue weighted by Crippen LogP contribution is 2.23. The average molecular weight is 494 g/mol. The van der Waals surface area contributed by atoms with Crippen LogP contribution in [0.1, 0.15) is 72.7 Å². The fraction of sp³-hybridized carbons (Fsp3) is 0.429. The van der Waals surface area contributed by atoms with Crippen LogP contribution in [-0.2, 0) is 16.1 Å². The molecule has 0 aliphatic carbocycles. The van der Waals surface area contributed by atoms with Gasteiger partial charge in [0.2, 0.25) is 11.8 Å². The number of rotatable bonds is 12. The van der Waals surface area contributed by atoms with Crippen molar-refractivity contribution in [2.75, 3.05) is 13.7 Å². The molecule has 8 nitrogen and oxygen atoms in total. The number of carbonyl (C=O) groups is 4. The molecule has 0 aromatic heterocycles. The molecule has 0 saturated heterocycles. The van der Waals surface area contributed by atoms with Crippen molar-refractivity contribution >= 4 is 23.6 Å². The zero-order valence-corrected chi connectivity index (χ0v) is 21.5. The highest BCUT2D eigenvalue weighted by Gasteiger charge is 2.35. The van der Waals surface area contributed by atoms with Crippen molar-refractivity contribution in [3.05, 3.63) is 65.2 Å². The molecule has 0 fully saturated rings. The Balaban J connectivity index is 1.71. The molecule has 1 heterocycles. The van der Waals surface area contributed by atoms with Crippen molar-refractivity contribution in [1.29, 1.82) is 0 Å². The molecule has 0 saturated carbocycles. The highest BCUT2D eigenvalue weighted by molar-refractivity contribution is 6.21. The van der Waals surface area contributed by atoms with Gasteiger partial charge >= 0.3 is 0 Å². The van der Waals surface area contributed by atoms with Crippen molar-refractivity contribution in [3.8, 4) is 5.75 Å². The number of methoxy groups -OCH3 is 1. The van der Waals surface area contributed by atoms with E-state index in [-0.39, 0.29) is 49.2 Å². The predicted molar refractivity (Wildman–Crippen MR) is 137 cm³/mol. The van der Waals surface area contributed by atoms with E-state index in [1.165, 1.54) is 4.90 Å². The molecule has 1 aliphatic rings. The van der Waals surface area contributed by atoms with Gasteiger partial charge in [-0.1, -0.05) is 38.1 Å². The number of benzene rings is 2. The lowest BCUT2D eigenvalue weighted by Crippen LogP contribution is -2.50. The lowest BCUT2D eigenvalue weighted by atomic mass is 10.1. The van der Waals surface area contributed by atoms with E-state index >= 15 is 0 Å². The minimum Gasteiger partial charge on any atom is -0.497 e. The number of nitrogens with zero attached hydrogens (tertiary/aromatic N) is 2. The minimum absolute atomic E-state index is 0.00156. The van der Waals surface area contributed by atoms with Crippen molar-refractivity contribution in [2.24, 2.45) is 0 Å². The Labute approximate surface area is 212 Å². The number of ether oxygens (including phenoxy) is 1. The van der Waals surface area contributed by atoms with E-state index in [1.807, 2.05) is 45.0 Å². The lowest BCUT2D eigenvalue weighted by molar-refractivity contribution is -0.141. The Morgan fingerprint density at radius 2 is 1.58 bits per heavy atom. The number of fused-ring (bicyclic) bond motifs is 1. The van der Waals surface area contributed by atoms with E-state index in [1.54, 1.807) is 36.3 Å². The predicted octanol–water partition coefficient (Wildman–Crippen LogP) is 3.79. The fourth-order valence-electron chi connectivity index (χ4n) is 4.26. The van der Waals surface area contributed by atoms with Crippen LogP contribution in [0.25, 0.3) is 0 Å². The number of nitrogens with one attached hydrogen (secondary N) is 1. The summed E-state index contributed by atoms with van der Waals surface area (Å²) in [7, 11) is 1.59. The Bertz CT molecular complexity index is 1060. The SMILES string of the molecule is CCC(C)NC(=O)C(CC)N(Cc1ccc(OC)cc1)C(=O)CCCN1C(=O)c2ccccc2C1=O. The van der Waals surface area contributed by atoms with Gasteiger partial charge in [-0.05, 0) is 56.0 Å². The molecule has 8 heteroatoms. The second kappa shape index (κ2) is 12.3. The summed E-state index contributed by atoms with van der Waals surface area (Å²) < 4.78 is 5.22. The normalized spacial score (nSPS) is 14.3. The van der Waals surface area contributed by atoms with Crippen molar-refractivity contribution < 1.29 is 23.9 Å². The van der Waals surface area contributed by atoms with E-state index < -0.39 is 6.04 Å². The standard InChI is InChI=1S/C28H35N3O5/c1-5-19(3)29-26(33)24(6-2)31(18-20-13-15-21(36-4)16-14-20)25(32)12-9-17-30-27(34)22-10-7-8-11-23(22)28(30)35/h7-8,10-11,13-16,19,24H,5-6,9,12,17-18H2,1-4H3,(H,29,33). The molecule has 2 aromatic carbocycles. The van der Waals surface area contributed by atoms with Gasteiger partial charge in [-0.15, -0.1) is 0 Å². The molecule has 0 bridgehead atoms. The first-order valence-corrected chi connectivity index (χ1v) is 12.5. The van der Waals surface area contributed by atoms with Crippen LogP contribution in [-0.4, -0.2) is 59.2 Å². The van der Waals surface area contributed by atoms with Crippen molar-refractivity contribution in [1.82, 2.24) is 15.1 Å². The van der Waals surface area contributed by atoms with Crippen LogP contribution in [0.5, 0.6) is 5.75 Å². The molecule has 4 amide bonds. The van der Waals surface area contributed by atoms with E-state index in [9.17, 15) is 19.2 Å². The summed E-state index contributed by atoms with van der Waals surface area (Å²) in [4.78, 5) is 54.5. The molecule has 2 atom stereocenters. The Hall–Kier alpha value is -3.68. The van der Waals surface area contributed by atoms with Crippen molar-refractivity contribution in [2.45, 2.75) is 65.1 Å². The summed E-state index contributed by atoms with van der Waals surface area (Å²) in [5.41, 5.74) is 1.66. The number of imide groups is 1. The first kappa shape index (κ1) is 26.9. The van der Waals surface area contributed by atoms with Gasteiger partial charge in [-0.25, -0.2) is 0 Å². The third-order valence-electron chi connectivity index (χ3n) is 6.55. The first-order chi connectivity index (χ1) is 17.3. The smallest absolute Gasteiger partial charge is 0.261 e. The van der Waals surface area contributed by atoms with Crippen LogP contribution in [0, 0.1) is 0 Å². The van der Waals surface area contributed by atoms with Crippen LogP contribution >= 0.6 is 0 Å². The van der Waals surface area contributed by atoms with Crippen LogP contribution in [0.4, 0.5) is 0 Å². The van der Waals surface area contributed by atoms with Crippen LogP contribution in [0.3, 0.4) is 0 Å².